The van der Waals surface area contributed by atoms with Gasteiger partial charge in [0.1, 0.15) is 0 Å². The number of nitrogens with zero attached hydrogens (tertiary/aromatic N) is 2. The van der Waals surface area contributed by atoms with Crippen LogP contribution in [0.25, 0.3) is 0 Å². The Labute approximate surface area is 187 Å². The van der Waals surface area contributed by atoms with Gasteiger partial charge in [0, 0.05) is 26.4 Å². The highest BCUT2D eigenvalue weighted by Gasteiger charge is 2.14. The van der Waals surface area contributed by atoms with E-state index in [0.29, 0.717) is 6.54 Å². The monoisotopic (exact) mass is 522 g/mol. The van der Waals surface area contributed by atoms with E-state index in [-0.39, 0.29) is 29.7 Å². The van der Waals surface area contributed by atoms with Gasteiger partial charge in [-0.15, -0.1) is 24.0 Å². The lowest BCUT2D eigenvalue weighted by molar-refractivity contribution is 0.191. The van der Waals surface area contributed by atoms with Crippen LogP contribution in [0.1, 0.15) is 37.3 Å². The molecule has 1 saturated heterocycles. The predicted octanol–water partition coefficient (Wildman–Crippen LogP) is 2.64. The number of rotatable bonds is 8. The molecular weight excluding hydrogens is 487 g/mol. The van der Waals surface area contributed by atoms with Crippen molar-refractivity contribution < 1.29 is 8.42 Å². The van der Waals surface area contributed by atoms with Crippen LogP contribution in [0, 0.1) is 5.92 Å². The smallest absolute Gasteiger partial charge is 0.191 e. The van der Waals surface area contributed by atoms with Crippen LogP contribution in [0.3, 0.4) is 0 Å². The molecule has 2 N–H and O–H groups in total. The highest BCUT2D eigenvalue weighted by molar-refractivity contribution is 14.0. The van der Waals surface area contributed by atoms with E-state index in [4.69, 9.17) is 0 Å². The van der Waals surface area contributed by atoms with Gasteiger partial charge in [0.2, 0.25) is 0 Å². The molecular formula is C20H35IN4O2S. The molecule has 8 heteroatoms. The zero-order chi connectivity index (χ0) is 19.7. The van der Waals surface area contributed by atoms with Gasteiger partial charge in [0.25, 0.3) is 0 Å². The van der Waals surface area contributed by atoms with Crippen molar-refractivity contribution in [1.29, 1.82) is 0 Å². The predicted molar refractivity (Wildman–Crippen MR) is 128 cm³/mol. The second kappa shape index (κ2) is 12.6. The Bertz CT molecular complexity index is 699. The molecule has 0 saturated carbocycles. The Kier molecular flexibility index (Phi) is 11.4. The summed E-state index contributed by atoms with van der Waals surface area (Å²) in [5.41, 5.74) is 1.91. The standard InChI is InChI=1S/C20H34N4O2S.HI/c1-17-9-13-24(14-10-17)12-4-11-22-20(21-2)23-15-18-5-7-19(8-6-18)16-27(3,25)26;/h5-8,17H,4,9-16H2,1-3H3,(H2,21,22,23);1H. The van der Waals surface area contributed by atoms with Crippen molar-refractivity contribution in [3.05, 3.63) is 35.4 Å². The molecule has 0 unspecified atom stereocenters. The number of aliphatic imine (C=N–C) groups is 1. The molecule has 1 aromatic rings. The molecule has 28 heavy (non-hydrogen) atoms. The maximum Gasteiger partial charge on any atom is 0.191 e. The lowest BCUT2D eigenvalue weighted by Gasteiger charge is -2.30. The lowest BCUT2D eigenvalue weighted by atomic mass is 9.99. The molecule has 1 fully saturated rings. The molecule has 0 aliphatic carbocycles. The Morgan fingerprint density at radius 2 is 1.75 bits per heavy atom. The number of hydrogen-bond acceptors (Lipinski definition) is 4. The second-order valence-corrected chi connectivity index (χ2v) is 9.76. The van der Waals surface area contributed by atoms with E-state index in [1.54, 1.807) is 7.05 Å². The summed E-state index contributed by atoms with van der Waals surface area (Å²) < 4.78 is 22.7. The minimum Gasteiger partial charge on any atom is -0.356 e. The molecule has 160 valence electrons. The highest BCUT2D eigenvalue weighted by Crippen LogP contribution is 2.15. The molecule has 0 bridgehead atoms. The van der Waals surface area contributed by atoms with Crippen molar-refractivity contribution in [3.63, 3.8) is 0 Å². The average Bonchev–Trinajstić information content (AvgIpc) is 2.62. The minimum atomic E-state index is -2.99. The highest BCUT2D eigenvalue weighted by atomic mass is 127. The zero-order valence-corrected chi connectivity index (χ0v) is 20.4. The maximum absolute atomic E-state index is 11.3. The van der Waals surface area contributed by atoms with Gasteiger partial charge in [-0.05, 0) is 55.9 Å². The molecule has 0 radical (unpaired) electrons. The summed E-state index contributed by atoms with van der Waals surface area (Å²) in [7, 11) is -1.22. The van der Waals surface area contributed by atoms with Gasteiger partial charge < -0.3 is 15.5 Å². The Morgan fingerprint density at radius 1 is 1.14 bits per heavy atom. The van der Waals surface area contributed by atoms with Crippen LogP contribution in [0.4, 0.5) is 0 Å². The van der Waals surface area contributed by atoms with Gasteiger partial charge in [0.05, 0.1) is 5.75 Å². The lowest BCUT2D eigenvalue weighted by Crippen LogP contribution is -2.39. The number of halogens is 1. The summed E-state index contributed by atoms with van der Waals surface area (Å²) >= 11 is 0. The summed E-state index contributed by atoms with van der Waals surface area (Å²) in [6, 6.07) is 7.65. The maximum atomic E-state index is 11.3. The Balaban J connectivity index is 0.00000392. The fraction of sp³-hybridized carbons (Fsp3) is 0.650. The van der Waals surface area contributed by atoms with Crippen LogP contribution in [0.5, 0.6) is 0 Å². The molecule has 0 amide bonds. The van der Waals surface area contributed by atoms with Gasteiger partial charge in [-0.3, -0.25) is 4.99 Å². The molecule has 1 heterocycles. The largest absolute Gasteiger partial charge is 0.356 e. The zero-order valence-electron chi connectivity index (χ0n) is 17.3. The van der Waals surface area contributed by atoms with E-state index in [2.05, 4.69) is 27.4 Å². The first-order chi connectivity index (χ1) is 12.9. The van der Waals surface area contributed by atoms with Crippen LogP contribution < -0.4 is 10.6 Å². The average molecular weight is 522 g/mol. The Morgan fingerprint density at radius 3 is 2.32 bits per heavy atom. The van der Waals surface area contributed by atoms with Crippen molar-refractivity contribution >= 4 is 39.8 Å². The first-order valence-electron chi connectivity index (χ1n) is 9.78. The number of sulfone groups is 1. The van der Waals surface area contributed by atoms with Gasteiger partial charge in [-0.2, -0.15) is 0 Å². The van der Waals surface area contributed by atoms with Gasteiger partial charge in [-0.25, -0.2) is 8.42 Å². The normalized spacial score (nSPS) is 16.5. The quantitative estimate of drug-likeness (QED) is 0.238. The molecule has 2 rings (SSSR count). The van der Waals surface area contributed by atoms with Crippen molar-refractivity contribution in [3.8, 4) is 0 Å². The topological polar surface area (TPSA) is 73.8 Å². The van der Waals surface area contributed by atoms with Crippen LogP contribution in [-0.2, 0) is 22.1 Å². The fourth-order valence-corrected chi connectivity index (χ4v) is 4.06. The van der Waals surface area contributed by atoms with Crippen LogP contribution in [-0.4, -0.2) is 58.8 Å². The van der Waals surface area contributed by atoms with Gasteiger partial charge in [0.15, 0.2) is 15.8 Å². The van der Waals surface area contributed by atoms with Gasteiger partial charge in [-0.1, -0.05) is 31.2 Å². The number of piperidine rings is 1. The number of hydrogen-bond donors (Lipinski definition) is 2. The first kappa shape index (κ1) is 25.2. The Hall–Kier alpha value is -0.870. The van der Waals surface area contributed by atoms with E-state index >= 15 is 0 Å². The third kappa shape index (κ3) is 10.1. The first-order valence-corrected chi connectivity index (χ1v) is 11.8. The number of benzene rings is 1. The van der Waals surface area contributed by atoms with E-state index in [1.165, 1.54) is 32.2 Å². The summed E-state index contributed by atoms with van der Waals surface area (Å²) in [6.45, 7) is 7.49. The number of guanidine groups is 1. The molecule has 1 aromatic carbocycles. The van der Waals surface area contributed by atoms with Crippen molar-refractivity contribution in [2.75, 3.05) is 39.5 Å². The van der Waals surface area contributed by atoms with Crippen molar-refractivity contribution in [2.24, 2.45) is 10.9 Å². The van der Waals surface area contributed by atoms with E-state index < -0.39 is 9.84 Å². The molecule has 1 aliphatic rings. The summed E-state index contributed by atoms with van der Waals surface area (Å²) in [5.74, 6) is 1.75. The van der Waals surface area contributed by atoms with Crippen LogP contribution >= 0.6 is 24.0 Å². The van der Waals surface area contributed by atoms with E-state index in [9.17, 15) is 8.42 Å². The molecule has 1 aliphatic heterocycles. The number of nitrogens with one attached hydrogen (secondary N) is 2. The van der Waals surface area contributed by atoms with Crippen molar-refractivity contribution in [2.45, 2.75) is 38.5 Å². The SMILES string of the molecule is CN=C(NCCCN1CCC(C)CC1)NCc1ccc(CS(C)(=O)=O)cc1.I. The molecule has 0 aromatic heterocycles. The molecule has 0 atom stereocenters. The van der Waals surface area contributed by atoms with Crippen molar-refractivity contribution in [1.82, 2.24) is 15.5 Å². The summed E-state index contributed by atoms with van der Waals surface area (Å²) in [5, 5.41) is 6.67. The summed E-state index contributed by atoms with van der Waals surface area (Å²) in [6.07, 6.45) is 5.00. The second-order valence-electron chi connectivity index (χ2n) is 7.62. The van der Waals surface area contributed by atoms with E-state index in [0.717, 1.165) is 42.5 Å². The summed E-state index contributed by atoms with van der Waals surface area (Å²) in [4.78, 5) is 6.82. The molecule has 6 nitrogen and oxygen atoms in total. The fourth-order valence-electron chi connectivity index (χ4n) is 3.26. The minimum absolute atomic E-state index is 0. The van der Waals surface area contributed by atoms with Crippen LogP contribution in [0.2, 0.25) is 0 Å². The third-order valence-electron chi connectivity index (χ3n) is 4.96. The number of likely N-dealkylation sites (tertiary alicyclic amines) is 1. The van der Waals surface area contributed by atoms with Crippen LogP contribution in [0.15, 0.2) is 29.3 Å². The van der Waals surface area contributed by atoms with E-state index in [1.807, 2.05) is 24.3 Å². The molecule has 0 spiro atoms. The van der Waals surface area contributed by atoms with Gasteiger partial charge >= 0.3 is 0 Å². The third-order valence-corrected chi connectivity index (χ3v) is 5.81.